The van der Waals surface area contributed by atoms with Gasteiger partial charge in [-0.3, -0.25) is 9.59 Å². The standard InChI is InChI=1S/C19H19N3O2/c1-13(23)21-19-16(15-9-5-6-10-17(15)22-19)11-18(24)20-12-14-7-3-2-4-8-14/h2-10,22H,11-12H2,1H3,(H,20,24)(H,21,23). The third-order valence-electron chi connectivity index (χ3n) is 3.78. The van der Waals surface area contributed by atoms with Crippen molar-refractivity contribution in [1.29, 1.82) is 0 Å². The fourth-order valence-electron chi connectivity index (χ4n) is 2.69. The highest BCUT2D eigenvalue weighted by Crippen LogP contribution is 2.26. The van der Waals surface area contributed by atoms with Crippen LogP contribution in [0.25, 0.3) is 10.9 Å². The van der Waals surface area contributed by atoms with E-state index in [-0.39, 0.29) is 18.2 Å². The molecule has 0 spiro atoms. The van der Waals surface area contributed by atoms with E-state index in [2.05, 4.69) is 15.6 Å². The number of anilines is 1. The minimum atomic E-state index is -0.174. The van der Waals surface area contributed by atoms with E-state index in [0.29, 0.717) is 12.4 Å². The summed E-state index contributed by atoms with van der Waals surface area (Å²) in [5.41, 5.74) is 2.74. The van der Waals surface area contributed by atoms with Crippen LogP contribution in [0.2, 0.25) is 0 Å². The molecule has 3 N–H and O–H groups in total. The Morgan fingerprint density at radius 3 is 2.46 bits per heavy atom. The van der Waals surface area contributed by atoms with Crippen molar-refractivity contribution in [2.75, 3.05) is 5.32 Å². The molecule has 2 amide bonds. The third kappa shape index (κ3) is 3.63. The molecule has 1 aromatic heterocycles. The SMILES string of the molecule is CC(=O)Nc1[nH]c2ccccc2c1CC(=O)NCc1ccccc1. The van der Waals surface area contributed by atoms with Crippen LogP contribution in [-0.2, 0) is 22.6 Å². The lowest BCUT2D eigenvalue weighted by atomic mass is 10.1. The maximum Gasteiger partial charge on any atom is 0.224 e. The Bertz CT molecular complexity index is 869. The zero-order valence-electron chi connectivity index (χ0n) is 13.4. The van der Waals surface area contributed by atoms with Crippen molar-refractivity contribution in [2.24, 2.45) is 0 Å². The van der Waals surface area contributed by atoms with E-state index in [0.717, 1.165) is 22.0 Å². The van der Waals surface area contributed by atoms with E-state index in [1.54, 1.807) is 0 Å². The number of nitrogens with one attached hydrogen (secondary N) is 3. The molecule has 2 aromatic carbocycles. The quantitative estimate of drug-likeness (QED) is 0.676. The second-order valence-electron chi connectivity index (χ2n) is 5.64. The van der Waals surface area contributed by atoms with Crippen LogP contribution in [0.3, 0.4) is 0 Å². The summed E-state index contributed by atoms with van der Waals surface area (Å²) in [5.74, 6) is 0.321. The fourth-order valence-corrected chi connectivity index (χ4v) is 2.69. The van der Waals surface area contributed by atoms with Gasteiger partial charge >= 0.3 is 0 Å². The van der Waals surface area contributed by atoms with Gasteiger partial charge in [-0.05, 0) is 11.6 Å². The number of rotatable bonds is 5. The maximum atomic E-state index is 12.3. The number of amides is 2. The lowest BCUT2D eigenvalue weighted by Crippen LogP contribution is -2.25. The molecule has 3 aromatic rings. The Balaban J connectivity index is 1.77. The van der Waals surface area contributed by atoms with Crippen LogP contribution in [0.15, 0.2) is 54.6 Å². The Morgan fingerprint density at radius 2 is 1.71 bits per heavy atom. The number of para-hydroxylation sites is 1. The van der Waals surface area contributed by atoms with Gasteiger partial charge in [0.15, 0.2) is 0 Å². The molecule has 0 aliphatic heterocycles. The van der Waals surface area contributed by atoms with Gasteiger partial charge in [0.25, 0.3) is 0 Å². The molecule has 0 aliphatic rings. The Labute approximate surface area is 140 Å². The second kappa shape index (κ2) is 7.00. The summed E-state index contributed by atoms with van der Waals surface area (Å²) < 4.78 is 0. The number of carbonyl (C=O) groups is 2. The monoisotopic (exact) mass is 321 g/mol. The number of hydrogen-bond acceptors (Lipinski definition) is 2. The molecule has 5 heteroatoms. The Kier molecular flexibility index (Phi) is 4.61. The smallest absolute Gasteiger partial charge is 0.224 e. The molecule has 0 bridgehead atoms. The lowest BCUT2D eigenvalue weighted by Gasteiger charge is -2.07. The first kappa shape index (κ1) is 15.8. The Hall–Kier alpha value is -3.08. The number of fused-ring (bicyclic) bond motifs is 1. The van der Waals surface area contributed by atoms with Gasteiger partial charge in [0, 0.05) is 29.9 Å². The molecular formula is C19H19N3O2. The normalized spacial score (nSPS) is 10.5. The minimum Gasteiger partial charge on any atom is -0.352 e. The molecule has 1 heterocycles. The van der Waals surface area contributed by atoms with Crippen molar-refractivity contribution in [3.8, 4) is 0 Å². The number of carbonyl (C=O) groups excluding carboxylic acids is 2. The number of aromatic nitrogens is 1. The van der Waals surface area contributed by atoms with Crippen molar-refractivity contribution >= 4 is 28.5 Å². The first-order chi connectivity index (χ1) is 11.6. The van der Waals surface area contributed by atoms with Crippen LogP contribution in [0, 0.1) is 0 Å². The van der Waals surface area contributed by atoms with Crippen LogP contribution in [0.4, 0.5) is 5.82 Å². The summed E-state index contributed by atoms with van der Waals surface area (Å²) in [7, 11) is 0. The molecule has 0 fully saturated rings. The summed E-state index contributed by atoms with van der Waals surface area (Å²) >= 11 is 0. The van der Waals surface area contributed by atoms with Gasteiger partial charge in [-0.25, -0.2) is 0 Å². The fraction of sp³-hybridized carbons (Fsp3) is 0.158. The molecule has 0 radical (unpaired) electrons. The molecule has 0 unspecified atom stereocenters. The van der Waals surface area contributed by atoms with Gasteiger partial charge in [-0.15, -0.1) is 0 Å². The lowest BCUT2D eigenvalue weighted by molar-refractivity contribution is -0.120. The van der Waals surface area contributed by atoms with E-state index >= 15 is 0 Å². The highest BCUT2D eigenvalue weighted by Gasteiger charge is 2.15. The molecule has 0 saturated heterocycles. The van der Waals surface area contributed by atoms with Crippen LogP contribution >= 0.6 is 0 Å². The summed E-state index contributed by atoms with van der Waals surface area (Å²) in [6.07, 6.45) is 0.201. The molecule has 0 saturated carbocycles. The molecule has 0 aliphatic carbocycles. The number of aromatic amines is 1. The molecule has 122 valence electrons. The number of hydrogen-bond donors (Lipinski definition) is 3. The van der Waals surface area contributed by atoms with Crippen molar-refractivity contribution in [2.45, 2.75) is 19.9 Å². The number of H-pyrrole nitrogens is 1. The van der Waals surface area contributed by atoms with Crippen LogP contribution in [0.1, 0.15) is 18.1 Å². The van der Waals surface area contributed by atoms with E-state index in [4.69, 9.17) is 0 Å². The molecular weight excluding hydrogens is 302 g/mol. The van der Waals surface area contributed by atoms with Gasteiger partial charge in [0.1, 0.15) is 5.82 Å². The first-order valence-corrected chi connectivity index (χ1v) is 7.81. The van der Waals surface area contributed by atoms with Crippen LogP contribution < -0.4 is 10.6 Å². The average molecular weight is 321 g/mol. The van der Waals surface area contributed by atoms with Crippen molar-refractivity contribution in [3.63, 3.8) is 0 Å². The highest BCUT2D eigenvalue weighted by atomic mass is 16.2. The topological polar surface area (TPSA) is 74.0 Å². The molecule has 5 nitrogen and oxygen atoms in total. The highest BCUT2D eigenvalue weighted by molar-refractivity contribution is 5.98. The van der Waals surface area contributed by atoms with E-state index in [1.807, 2.05) is 54.6 Å². The van der Waals surface area contributed by atoms with E-state index < -0.39 is 0 Å². The summed E-state index contributed by atoms with van der Waals surface area (Å²) in [6.45, 7) is 1.93. The van der Waals surface area contributed by atoms with Gasteiger partial charge in [-0.2, -0.15) is 0 Å². The van der Waals surface area contributed by atoms with Gasteiger partial charge < -0.3 is 15.6 Å². The van der Waals surface area contributed by atoms with Crippen LogP contribution in [0.5, 0.6) is 0 Å². The van der Waals surface area contributed by atoms with Crippen molar-refractivity contribution in [3.05, 3.63) is 65.7 Å². The summed E-state index contributed by atoms with van der Waals surface area (Å²) in [5, 5.41) is 6.63. The van der Waals surface area contributed by atoms with Crippen molar-refractivity contribution in [1.82, 2.24) is 10.3 Å². The first-order valence-electron chi connectivity index (χ1n) is 7.81. The van der Waals surface area contributed by atoms with Gasteiger partial charge in [0.2, 0.25) is 11.8 Å². The van der Waals surface area contributed by atoms with Crippen molar-refractivity contribution < 1.29 is 9.59 Å². The predicted octanol–water partition coefficient (Wildman–Crippen LogP) is 2.99. The van der Waals surface area contributed by atoms with Gasteiger partial charge in [-0.1, -0.05) is 48.5 Å². The summed E-state index contributed by atoms with van der Waals surface area (Å²) in [6, 6.07) is 17.4. The summed E-state index contributed by atoms with van der Waals surface area (Å²) in [4.78, 5) is 26.9. The third-order valence-corrected chi connectivity index (χ3v) is 3.78. The van der Waals surface area contributed by atoms with Gasteiger partial charge in [0.05, 0.1) is 6.42 Å². The predicted molar refractivity (Wildman–Crippen MR) is 94.6 cm³/mol. The zero-order valence-corrected chi connectivity index (χ0v) is 13.4. The number of benzene rings is 2. The zero-order chi connectivity index (χ0) is 16.9. The average Bonchev–Trinajstić information content (AvgIpc) is 2.91. The largest absolute Gasteiger partial charge is 0.352 e. The second-order valence-corrected chi connectivity index (χ2v) is 5.64. The maximum absolute atomic E-state index is 12.3. The van der Waals surface area contributed by atoms with Crippen LogP contribution in [-0.4, -0.2) is 16.8 Å². The van der Waals surface area contributed by atoms with E-state index in [1.165, 1.54) is 6.92 Å². The Morgan fingerprint density at radius 1 is 1.00 bits per heavy atom. The molecule has 24 heavy (non-hydrogen) atoms. The van der Waals surface area contributed by atoms with E-state index in [9.17, 15) is 9.59 Å². The molecule has 3 rings (SSSR count). The minimum absolute atomic E-state index is 0.0878. The molecule has 0 atom stereocenters.